The summed E-state index contributed by atoms with van der Waals surface area (Å²) in [6.07, 6.45) is 2.47. The van der Waals surface area contributed by atoms with Gasteiger partial charge in [-0.25, -0.2) is 0 Å². The minimum absolute atomic E-state index is 0.0143. The highest BCUT2D eigenvalue weighted by atomic mass is 16.1. The number of carbonyl (C=O) groups excluding carboxylic acids is 1. The van der Waals surface area contributed by atoms with Gasteiger partial charge < -0.3 is 0 Å². The molecular weight excluding hydrogens is 232 g/mol. The van der Waals surface area contributed by atoms with Crippen LogP contribution in [0.5, 0.6) is 0 Å². The van der Waals surface area contributed by atoms with Crippen molar-refractivity contribution in [3.8, 4) is 0 Å². The first-order valence-corrected chi connectivity index (χ1v) is 7.45. The van der Waals surface area contributed by atoms with E-state index in [4.69, 9.17) is 0 Å². The Morgan fingerprint density at radius 2 is 1.84 bits per heavy atom. The van der Waals surface area contributed by atoms with Gasteiger partial charge in [-0.3, -0.25) is 4.79 Å². The van der Waals surface area contributed by atoms with Gasteiger partial charge in [0.2, 0.25) is 0 Å². The number of carbonyl (C=O) groups is 1. The van der Waals surface area contributed by atoms with E-state index in [2.05, 4.69) is 58.0 Å². The molecule has 4 aliphatic carbocycles. The Labute approximate surface area is 115 Å². The van der Waals surface area contributed by atoms with E-state index < -0.39 is 0 Å². The van der Waals surface area contributed by atoms with Crippen molar-refractivity contribution in [1.82, 2.24) is 0 Å². The molecular formula is C18H22O. The summed E-state index contributed by atoms with van der Waals surface area (Å²) in [6, 6.07) is 10.8. The van der Waals surface area contributed by atoms with E-state index in [1.807, 2.05) is 0 Å². The molecule has 1 aromatic rings. The highest BCUT2D eigenvalue weighted by molar-refractivity contribution is 6.03. The Morgan fingerprint density at radius 3 is 2.32 bits per heavy atom. The first kappa shape index (κ1) is 11.7. The molecule has 1 heteroatoms. The molecule has 4 aliphatic rings. The molecule has 4 saturated carbocycles. The minimum atomic E-state index is -0.211. The largest absolute Gasteiger partial charge is 0.298 e. The predicted octanol–water partition coefficient (Wildman–Crippen LogP) is 3.97. The number of fused-ring (bicyclic) bond motifs is 1. The lowest BCUT2D eigenvalue weighted by molar-refractivity contribution is -0.131. The Kier molecular flexibility index (Phi) is 1.74. The van der Waals surface area contributed by atoms with Crippen LogP contribution >= 0.6 is 0 Å². The summed E-state index contributed by atoms with van der Waals surface area (Å²) in [5.74, 6) is 1.13. The molecule has 4 unspecified atom stereocenters. The minimum Gasteiger partial charge on any atom is -0.298 e. The van der Waals surface area contributed by atoms with Crippen LogP contribution in [0.2, 0.25) is 0 Å². The molecule has 2 bridgehead atoms. The van der Waals surface area contributed by atoms with Crippen LogP contribution in [-0.2, 0) is 10.2 Å². The average Bonchev–Trinajstić information content (AvgIpc) is 3.02. The summed E-state index contributed by atoms with van der Waals surface area (Å²) < 4.78 is 0. The van der Waals surface area contributed by atoms with Gasteiger partial charge in [0.05, 0.1) is 0 Å². The first-order chi connectivity index (χ1) is 8.85. The Balaban J connectivity index is 1.85. The van der Waals surface area contributed by atoms with E-state index in [0.29, 0.717) is 11.7 Å². The van der Waals surface area contributed by atoms with E-state index >= 15 is 0 Å². The molecule has 5 rings (SSSR count). The molecule has 1 aromatic carbocycles. The number of rotatable bonds is 2. The molecule has 0 saturated heterocycles. The molecule has 0 amide bonds. The highest BCUT2D eigenvalue weighted by Gasteiger charge is 3.08. The third-order valence-corrected chi connectivity index (χ3v) is 6.46. The van der Waals surface area contributed by atoms with E-state index in [0.717, 1.165) is 0 Å². The smallest absolute Gasteiger partial charge is 0.146 e. The summed E-state index contributed by atoms with van der Waals surface area (Å²) in [4.78, 5) is 13.0. The summed E-state index contributed by atoms with van der Waals surface area (Å²) in [7, 11) is 0. The van der Waals surface area contributed by atoms with Gasteiger partial charge in [-0.1, -0.05) is 58.0 Å². The van der Waals surface area contributed by atoms with Gasteiger partial charge in [0, 0.05) is 16.2 Å². The number of Topliss-reactive ketones (excluding diaryl/α,β-unsaturated/α-hetero) is 1. The van der Waals surface area contributed by atoms with Gasteiger partial charge in [-0.05, 0) is 29.7 Å². The van der Waals surface area contributed by atoms with Crippen LogP contribution in [0.1, 0.15) is 46.1 Å². The lowest BCUT2D eigenvalue weighted by Crippen LogP contribution is -2.30. The monoisotopic (exact) mass is 254 g/mol. The van der Waals surface area contributed by atoms with Crippen LogP contribution in [0.25, 0.3) is 0 Å². The van der Waals surface area contributed by atoms with E-state index in [-0.39, 0.29) is 21.7 Å². The Morgan fingerprint density at radius 1 is 1.21 bits per heavy atom. The molecule has 19 heavy (non-hydrogen) atoms. The van der Waals surface area contributed by atoms with E-state index in [1.165, 1.54) is 18.4 Å². The standard InChI is InChI=1S/C18H22O/c1-15(2,3)14(19)18-13-10-11-16(18,4)17(13,18)12-8-6-5-7-9-12/h5-9,13H,10-11H2,1-4H3. The van der Waals surface area contributed by atoms with Crippen LogP contribution in [0.15, 0.2) is 30.3 Å². The number of hydrogen-bond donors (Lipinski definition) is 0. The van der Waals surface area contributed by atoms with E-state index in [9.17, 15) is 4.79 Å². The Hall–Kier alpha value is -1.11. The van der Waals surface area contributed by atoms with Gasteiger partial charge in [-0.2, -0.15) is 0 Å². The fraction of sp³-hybridized carbons (Fsp3) is 0.611. The quantitative estimate of drug-likeness (QED) is 0.780. The lowest BCUT2D eigenvalue weighted by Gasteiger charge is -2.25. The van der Waals surface area contributed by atoms with Crippen LogP contribution in [0.4, 0.5) is 0 Å². The maximum absolute atomic E-state index is 13.0. The average molecular weight is 254 g/mol. The van der Waals surface area contributed by atoms with Crippen molar-refractivity contribution in [3.05, 3.63) is 35.9 Å². The van der Waals surface area contributed by atoms with Crippen molar-refractivity contribution in [3.63, 3.8) is 0 Å². The van der Waals surface area contributed by atoms with E-state index in [1.54, 1.807) is 0 Å². The Bertz CT molecular complexity index is 581. The normalized spacial score (nSPS) is 45.8. The number of hydrogen-bond acceptors (Lipinski definition) is 1. The molecule has 4 fully saturated rings. The third-order valence-electron chi connectivity index (χ3n) is 6.46. The second-order valence-electron chi connectivity index (χ2n) is 7.98. The van der Waals surface area contributed by atoms with Crippen molar-refractivity contribution in [1.29, 1.82) is 0 Å². The van der Waals surface area contributed by atoms with Gasteiger partial charge in [-0.15, -0.1) is 0 Å². The van der Waals surface area contributed by atoms with Crippen LogP contribution < -0.4 is 0 Å². The van der Waals surface area contributed by atoms with Gasteiger partial charge >= 0.3 is 0 Å². The maximum Gasteiger partial charge on any atom is 0.146 e. The molecule has 0 N–H and O–H groups in total. The molecule has 0 aliphatic heterocycles. The molecule has 0 radical (unpaired) electrons. The number of benzene rings is 1. The molecule has 1 nitrogen and oxygen atoms in total. The zero-order valence-electron chi connectivity index (χ0n) is 12.3. The second-order valence-corrected chi connectivity index (χ2v) is 7.98. The van der Waals surface area contributed by atoms with Crippen LogP contribution in [-0.4, -0.2) is 5.78 Å². The summed E-state index contributed by atoms with van der Waals surface area (Å²) in [5, 5.41) is 0. The van der Waals surface area contributed by atoms with Gasteiger partial charge in [0.15, 0.2) is 0 Å². The fourth-order valence-electron chi connectivity index (χ4n) is 5.98. The first-order valence-electron chi connectivity index (χ1n) is 7.45. The number of ketones is 1. The molecule has 0 heterocycles. The van der Waals surface area contributed by atoms with Crippen molar-refractivity contribution in [2.75, 3.05) is 0 Å². The predicted molar refractivity (Wildman–Crippen MR) is 75.8 cm³/mol. The third kappa shape index (κ3) is 0.863. The van der Waals surface area contributed by atoms with Gasteiger partial charge in [0.25, 0.3) is 0 Å². The molecule has 0 spiro atoms. The zero-order chi connectivity index (χ0) is 13.7. The lowest BCUT2D eigenvalue weighted by atomic mass is 9.77. The van der Waals surface area contributed by atoms with Crippen LogP contribution in [0, 0.1) is 22.2 Å². The van der Waals surface area contributed by atoms with Crippen LogP contribution in [0.3, 0.4) is 0 Å². The zero-order valence-corrected chi connectivity index (χ0v) is 12.3. The topological polar surface area (TPSA) is 17.1 Å². The summed E-state index contributed by atoms with van der Waals surface area (Å²) in [6.45, 7) is 8.60. The van der Waals surface area contributed by atoms with Crippen molar-refractivity contribution < 1.29 is 4.79 Å². The van der Waals surface area contributed by atoms with Crippen molar-refractivity contribution >= 4 is 5.78 Å². The van der Waals surface area contributed by atoms with Crippen molar-refractivity contribution in [2.24, 2.45) is 22.2 Å². The molecule has 0 aromatic heterocycles. The fourth-order valence-corrected chi connectivity index (χ4v) is 5.98. The summed E-state index contributed by atoms with van der Waals surface area (Å²) in [5.41, 5.74) is 1.64. The second kappa shape index (κ2) is 2.82. The maximum atomic E-state index is 13.0. The van der Waals surface area contributed by atoms with Gasteiger partial charge in [0.1, 0.15) is 5.78 Å². The van der Waals surface area contributed by atoms with Crippen molar-refractivity contribution in [2.45, 2.75) is 46.0 Å². The SMILES string of the molecule is CC(C)(C)C(=O)C12C3CCC1(C)C32c1ccccc1. The summed E-state index contributed by atoms with van der Waals surface area (Å²) >= 11 is 0. The highest BCUT2D eigenvalue weighted by Crippen LogP contribution is 3.06. The molecule has 100 valence electrons. The molecule has 4 atom stereocenters.